The number of aliphatic carboxylic acids is 1. The SMILES string of the molecule is CCC(C)C(NC(=O)N(C)C(C)CC#N)C(=O)O. The fraction of sp³-hybridized carbons (Fsp3) is 0.750. The standard InChI is InChI=1S/C12H21N3O3/c1-5-8(2)10(11(16)17)14-12(18)15(4)9(3)6-7-13/h8-10H,5-6H2,1-4H3,(H,14,18)(H,16,17). The van der Waals surface area contributed by atoms with E-state index >= 15 is 0 Å². The van der Waals surface area contributed by atoms with Crippen LogP contribution in [0.4, 0.5) is 4.79 Å². The number of carboxylic acids is 1. The van der Waals surface area contributed by atoms with Crippen LogP contribution in [0.3, 0.4) is 0 Å². The summed E-state index contributed by atoms with van der Waals surface area (Å²) in [7, 11) is 1.55. The predicted octanol–water partition coefficient (Wildman–Crippen LogP) is 1.43. The van der Waals surface area contributed by atoms with E-state index in [-0.39, 0.29) is 18.4 Å². The van der Waals surface area contributed by atoms with Gasteiger partial charge in [-0.2, -0.15) is 5.26 Å². The maximum absolute atomic E-state index is 11.8. The molecule has 102 valence electrons. The first kappa shape index (κ1) is 16.2. The molecule has 0 fully saturated rings. The molecule has 2 amide bonds. The minimum Gasteiger partial charge on any atom is -0.480 e. The highest BCUT2D eigenvalue weighted by Crippen LogP contribution is 2.09. The van der Waals surface area contributed by atoms with Gasteiger partial charge in [0.1, 0.15) is 6.04 Å². The lowest BCUT2D eigenvalue weighted by Gasteiger charge is -2.27. The van der Waals surface area contributed by atoms with Gasteiger partial charge in [-0.05, 0) is 12.8 Å². The van der Waals surface area contributed by atoms with Gasteiger partial charge < -0.3 is 15.3 Å². The van der Waals surface area contributed by atoms with E-state index in [0.29, 0.717) is 6.42 Å². The van der Waals surface area contributed by atoms with Crippen molar-refractivity contribution in [1.29, 1.82) is 5.26 Å². The highest BCUT2D eigenvalue weighted by Gasteiger charge is 2.27. The largest absolute Gasteiger partial charge is 0.480 e. The second-order valence-electron chi connectivity index (χ2n) is 4.47. The lowest BCUT2D eigenvalue weighted by molar-refractivity contribution is -0.140. The van der Waals surface area contributed by atoms with Crippen LogP contribution in [0.5, 0.6) is 0 Å². The third-order valence-corrected chi connectivity index (χ3v) is 3.13. The van der Waals surface area contributed by atoms with Crippen molar-refractivity contribution in [2.45, 2.75) is 45.7 Å². The van der Waals surface area contributed by atoms with Gasteiger partial charge >= 0.3 is 12.0 Å². The normalized spacial score (nSPS) is 15.1. The third kappa shape index (κ3) is 4.62. The first-order chi connectivity index (χ1) is 8.34. The molecule has 18 heavy (non-hydrogen) atoms. The lowest BCUT2D eigenvalue weighted by atomic mass is 9.99. The molecule has 0 rings (SSSR count). The molecule has 0 aliphatic rings. The van der Waals surface area contributed by atoms with Crippen LogP contribution in [-0.2, 0) is 4.79 Å². The number of rotatable bonds is 6. The number of nitrogens with zero attached hydrogens (tertiary/aromatic N) is 2. The first-order valence-electron chi connectivity index (χ1n) is 5.98. The van der Waals surface area contributed by atoms with Crippen LogP contribution in [-0.4, -0.2) is 41.1 Å². The molecule has 0 heterocycles. The molecular formula is C12H21N3O3. The van der Waals surface area contributed by atoms with E-state index in [0.717, 1.165) is 0 Å². The number of hydrogen-bond donors (Lipinski definition) is 2. The van der Waals surface area contributed by atoms with E-state index in [9.17, 15) is 9.59 Å². The maximum atomic E-state index is 11.8. The summed E-state index contributed by atoms with van der Waals surface area (Å²) in [6, 6.07) is 0.356. The minimum absolute atomic E-state index is 0.147. The zero-order chi connectivity index (χ0) is 14.3. The average molecular weight is 255 g/mol. The topological polar surface area (TPSA) is 93.4 Å². The maximum Gasteiger partial charge on any atom is 0.326 e. The molecule has 0 aromatic rings. The Balaban J connectivity index is 4.61. The molecule has 0 saturated carbocycles. The fourth-order valence-electron chi connectivity index (χ4n) is 1.39. The lowest BCUT2D eigenvalue weighted by Crippen LogP contribution is -2.51. The van der Waals surface area contributed by atoms with Gasteiger partial charge in [-0.3, -0.25) is 0 Å². The van der Waals surface area contributed by atoms with Gasteiger partial charge in [0.15, 0.2) is 0 Å². The van der Waals surface area contributed by atoms with E-state index in [1.165, 1.54) is 4.90 Å². The van der Waals surface area contributed by atoms with Crippen molar-refractivity contribution in [2.75, 3.05) is 7.05 Å². The first-order valence-corrected chi connectivity index (χ1v) is 5.98. The number of nitriles is 1. The van der Waals surface area contributed by atoms with Crippen LogP contribution in [0, 0.1) is 17.2 Å². The summed E-state index contributed by atoms with van der Waals surface area (Å²) in [4.78, 5) is 24.3. The minimum atomic E-state index is -1.04. The number of carbonyl (C=O) groups excluding carboxylic acids is 1. The average Bonchev–Trinajstić information content (AvgIpc) is 2.33. The summed E-state index contributed by atoms with van der Waals surface area (Å²) in [6.45, 7) is 5.38. The van der Waals surface area contributed by atoms with E-state index in [1.54, 1.807) is 20.9 Å². The van der Waals surface area contributed by atoms with Crippen molar-refractivity contribution in [3.8, 4) is 6.07 Å². The van der Waals surface area contributed by atoms with E-state index in [2.05, 4.69) is 5.32 Å². The van der Waals surface area contributed by atoms with Crippen LogP contribution in [0.1, 0.15) is 33.6 Å². The second-order valence-corrected chi connectivity index (χ2v) is 4.47. The molecule has 0 aromatic carbocycles. The van der Waals surface area contributed by atoms with E-state index < -0.39 is 18.0 Å². The smallest absolute Gasteiger partial charge is 0.326 e. The zero-order valence-electron chi connectivity index (χ0n) is 11.3. The van der Waals surface area contributed by atoms with Crippen molar-refractivity contribution in [3.63, 3.8) is 0 Å². The number of carboxylic acid groups (broad SMARTS) is 1. The summed E-state index contributed by atoms with van der Waals surface area (Å²) < 4.78 is 0. The Morgan fingerprint density at radius 2 is 2.00 bits per heavy atom. The molecule has 0 spiro atoms. The number of hydrogen-bond acceptors (Lipinski definition) is 3. The van der Waals surface area contributed by atoms with Crippen molar-refractivity contribution in [3.05, 3.63) is 0 Å². The fourth-order valence-corrected chi connectivity index (χ4v) is 1.39. The molecular weight excluding hydrogens is 234 g/mol. The molecule has 0 bridgehead atoms. The summed E-state index contributed by atoms with van der Waals surface area (Å²) in [6.07, 6.45) is 0.875. The van der Waals surface area contributed by atoms with Crippen molar-refractivity contribution in [1.82, 2.24) is 10.2 Å². The van der Waals surface area contributed by atoms with Crippen LogP contribution in [0.2, 0.25) is 0 Å². The van der Waals surface area contributed by atoms with Crippen LogP contribution in [0.15, 0.2) is 0 Å². The molecule has 0 aliphatic carbocycles. The van der Waals surface area contributed by atoms with Gasteiger partial charge in [-0.15, -0.1) is 0 Å². The van der Waals surface area contributed by atoms with Gasteiger partial charge in [0.05, 0.1) is 12.5 Å². The Kier molecular flexibility index (Phi) is 6.79. The third-order valence-electron chi connectivity index (χ3n) is 3.13. The van der Waals surface area contributed by atoms with E-state index in [4.69, 9.17) is 10.4 Å². The monoisotopic (exact) mass is 255 g/mol. The Morgan fingerprint density at radius 3 is 2.39 bits per heavy atom. The van der Waals surface area contributed by atoms with Crippen molar-refractivity contribution in [2.24, 2.45) is 5.92 Å². The number of urea groups is 1. The molecule has 6 nitrogen and oxygen atoms in total. The molecule has 2 N–H and O–H groups in total. The van der Waals surface area contributed by atoms with Crippen molar-refractivity contribution >= 4 is 12.0 Å². The highest BCUT2D eigenvalue weighted by atomic mass is 16.4. The van der Waals surface area contributed by atoms with Gasteiger partial charge in [-0.25, -0.2) is 9.59 Å². The van der Waals surface area contributed by atoms with Crippen molar-refractivity contribution < 1.29 is 14.7 Å². The Labute approximate surface area is 108 Å². The summed E-state index contributed by atoms with van der Waals surface area (Å²) >= 11 is 0. The van der Waals surface area contributed by atoms with Gasteiger partial charge in [0.25, 0.3) is 0 Å². The number of amides is 2. The Hall–Kier alpha value is -1.77. The molecule has 3 unspecified atom stereocenters. The van der Waals surface area contributed by atoms with Gasteiger partial charge in [-0.1, -0.05) is 20.3 Å². The van der Waals surface area contributed by atoms with Gasteiger partial charge in [0, 0.05) is 13.1 Å². The highest BCUT2D eigenvalue weighted by molar-refractivity contribution is 5.82. The summed E-state index contributed by atoms with van der Waals surface area (Å²) in [5, 5.41) is 20.1. The molecule has 3 atom stereocenters. The van der Waals surface area contributed by atoms with E-state index in [1.807, 2.05) is 13.0 Å². The Morgan fingerprint density at radius 1 is 1.44 bits per heavy atom. The van der Waals surface area contributed by atoms with Crippen LogP contribution >= 0.6 is 0 Å². The molecule has 6 heteroatoms. The molecule has 0 saturated heterocycles. The quantitative estimate of drug-likeness (QED) is 0.750. The molecule has 0 aromatic heterocycles. The summed E-state index contributed by atoms with van der Waals surface area (Å²) in [5.74, 6) is -1.19. The molecule has 0 aliphatic heterocycles. The summed E-state index contributed by atoms with van der Waals surface area (Å²) in [5.41, 5.74) is 0. The predicted molar refractivity (Wildman–Crippen MR) is 66.9 cm³/mol. The number of nitrogens with one attached hydrogen (secondary N) is 1. The van der Waals surface area contributed by atoms with Gasteiger partial charge in [0.2, 0.25) is 0 Å². The zero-order valence-corrected chi connectivity index (χ0v) is 11.3. The second kappa shape index (κ2) is 7.54. The van der Waals surface area contributed by atoms with Crippen LogP contribution in [0.25, 0.3) is 0 Å². The van der Waals surface area contributed by atoms with Crippen LogP contribution < -0.4 is 5.32 Å². The molecule has 0 radical (unpaired) electrons. The number of carbonyl (C=O) groups is 2. The Bertz CT molecular complexity index is 338.